The van der Waals surface area contributed by atoms with E-state index in [0.29, 0.717) is 0 Å². The molecule has 1 aliphatic carbocycles. The summed E-state index contributed by atoms with van der Waals surface area (Å²) < 4.78 is 0. The Morgan fingerprint density at radius 3 is 3.00 bits per heavy atom. The topological polar surface area (TPSA) is 12.9 Å². The molecule has 0 saturated heterocycles. The van der Waals surface area contributed by atoms with Crippen molar-refractivity contribution in [1.29, 1.82) is 0 Å². The Labute approximate surface area is 86.6 Å². The van der Waals surface area contributed by atoms with E-state index in [2.05, 4.69) is 24.0 Å². The smallest absolute Gasteiger partial charge is 0.0437 e. The van der Waals surface area contributed by atoms with Crippen molar-refractivity contribution in [3.8, 4) is 0 Å². The quantitative estimate of drug-likeness (QED) is 0.642. The molecule has 1 aliphatic rings. The van der Waals surface area contributed by atoms with Crippen molar-refractivity contribution in [3.05, 3.63) is 30.1 Å². The third-order valence-electron chi connectivity index (χ3n) is 3.17. The minimum absolute atomic E-state index is 0.785. The SMILES string of the molecule is CCCCCC1CC1c1ccccn1. The third kappa shape index (κ3) is 2.34. The van der Waals surface area contributed by atoms with E-state index in [4.69, 9.17) is 0 Å². The molecule has 14 heavy (non-hydrogen) atoms. The fraction of sp³-hybridized carbons (Fsp3) is 0.615. The van der Waals surface area contributed by atoms with E-state index in [9.17, 15) is 0 Å². The van der Waals surface area contributed by atoms with E-state index < -0.39 is 0 Å². The first-order valence-corrected chi connectivity index (χ1v) is 5.82. The van der Waals surface area contributed by atoms with Crippen LogP contribution >= 0.6 is 0 Å². The van der Waals surface area contributed by atoms with E-state index >= 15 is 0 Å². The van der Waals surface area contributed by atoms with Crippen LogP contribution in [0.5, 0.6) is 0 Å². The number of rotatable bonds is 5. The van der Waals surface area contributed by atoms with E-state index in [-0.39, 0.29) is 0 Å². The van der Waals surface area contributed by atoms with Crippen LogP contribution in [0.25, 0.3) is 0 Å². The highest BCUT2D eigenvalue weighted by atomic mass is 14.7. The maximum Gasteiger partial charge on any atom is 0.0437 e. The first kappa shape index (κ1) is 9.70. The first-order chi connectivity index (χ1) is 6.92. The van der Waals surface area contributed by atoms with E-state index in [1.54, 1.807) is 0 Å². The van der Waals surface area contributed by atoms with Crippen molar-refractivity contribution in [2.45, 2.75) is 44.9 Å². The van der Waals surface area contributed by atoms with Gasteiger partial charge in [-0.05, 0) is 30.9 Å². The second-order valence-electron chi connectivity index (χ2n) is 4.35. The van der Waals surface area contributed by atoms with E-state index in [1.807, 2.05) is 12.3 Å². The summed E-state index contributed by atoms with van der Waals surface area (Å²) in [4.78, 5) is 4.42. The summed E-state index contributed by atoms with van der Waals surface area (Å²) in [7, 11) is 0. The molecule has 0 radical (unpaired) electrons. The summed E-state index contributed by atoms with van der Waals surface area (Å²) >= 11 is 0. The molecule has 2 unspecified atom stereocenters. The Kier molecular flexibility index (Phi) is 3.18. The van der Waals surface area contributed by atoms with Gasteiger partial charge in [0.25, 0.3) is 0 Å². The molecule has 2 rings (SSSR count). The zero-order chi connectivity index (χ0) is 9.80. The largest absolute Gasteiger partial charge is 0.261 e. The van der Waals surface area contributed by atoms with Gasteiger partial charge in [0.15, 0.2) is 0 Å². The average Bonchev–Trinajstić information content (AvgIpc) is 2.99. The predicted molar refractivity (Wildman–Crippen MR) is 59.2 cm³/mol. The lowest BCUT2D eigenvalue weighted by molar-refractivity contribution is 0.607. The molecule has 1 heteroatoms. The Morgan fingerprint density at radius 2 is 2.29 bits per heavy atom. The zero-order valence-corrected chi connectivity index (χ0v) is 8.95. The maximum atomic E-state index is 4.42. The molecule has 1 fully saturated rings. The molecule has 0 bridgehead atoms. The molecule has 0 N–H and O–H groups in total. The van der Waals surface area contributed by atoms with Crippen molar-refractivity contribution in [2.24, 2.45) is 5.92 Å². The van der Waals surface area contributed by atoms with Gasteiger partial charge in [-0.3, -0.25) is 4.98 Å². The highest BCUT2D eigenvalue weighted by Gasteiger charge is 2.38. The van der Waals surface area contributed by atoms with Crippen molar-refractivity contribution < 1.29 is 0 Å². The van der Waals surface area contributed by atoms with Gasteiger partial charge in [0.1, 0.15) is 0 Å². The normalized spacial score (nSPS) is 24.9. The van der Waals surface area contributed by atoms with Crippen LogP contribution in [0.3, 0.4) is 0 Å². The number of nitrogens with zero attached hydrogens (tertiary/aromatic N) is 1. The van der Waals surface area contributed by atoms with Crippen molar-refractivity contribution in [2.75, 3.05) is 0 Å². The van der Waals surface area contributed by atoms with Crippen LogP contribution in [0.4, 0.5) is 0 Å². The van der Waals surface area contributed by atoms with Crippen LogP contribution in [0.1, 0.15) is 50.6 Å². The van der Waals surface area contributed by atoms with Crippen LogP contribution in [0, 0.1) is 5.92 Å². The monoisotopic (exact) mass is 189 g/mol. The molecule has 1 saturated carbocycles. The standard InChI is InChI=1S/C13H19N/c1-2-3-4-7-11-10-12(11)13-8-5-6-9-14-13/h5-6,8-9,11-12H,2-4,7,10H2,1H3. The minimum atomic E-state index is 0.785. The Balaban J connectivity index is 1.76. The number of pyridine rings is 1. The van der Waals surface area contributed by atoms with E-state index in [0.717, 1.165) is 11.8 Å². The zero-order valence-electron chi connectivity index (χ0n) is 8.95. The fourth-order valence-electron chi connectivity index (χ4n) is 2.18. The lowest BCUT2D eigenvalue weighted by atomic mass is 10.1. The van der Waals surface area contributed by atoms with Crippen molar-refractivity contribution in [1.82, 2.24) is 4.98 Å². The molecule has 1 heterocycles. The molecule has 76 valence electrons. The molecule has 1 aromatic rings. The van der Waals surface area contributed by atoms with Crippen LogP contribution < -0.4 is 0 Å². The van der Waals surface area contributed by atoms with Gasteiger partial charge in [-0.15, -0.1) is 0 Å². The molecular weight excluding hydrogens is 170 g/mol. The van der Waals surface area contributed by atoms with Gasteiger partial charge in [0, 0.05) is 17.8 Å². The molecule has 0 amide bonds. The number of unbranched alkanes of at least 4 members (excludes halogenated alkanes) is 2. The minimum Gasteiger partial charge on any atom is -0.261 e. The molecule has 1 nitrogen and oxygen atoms in total. The van der Waals surface area contributed by atoms with Crippen LogP contribution in [-0.2, 0) is 0 Å². The molecule has 0 aliphatic heterocycles. The van der Waals surface area contributed by atoms with Gasteiger partial charge in [-0.25, -0.2) is 0 Å². The van der Waals surface area contributed by atoms with Gasteiger partial charge in [0.05, 0.1) is 0 Å². The van der Waals surface area contributed by atoms with Crippen molar-refractivity contribution in [3.63, 3.8) is 0 Å². The number of hydrogen-bond acceptors (Lipinski definition) is 1. The second-order valence-corrected chi connectivity index (χ2v) is 4.35. The van der Waals surface area contributed by atoms with Crippen molar-refractivity contribution >= 4 is 0 Å². The average molecular weight is 189 g/mol. The third-order valence-corrected chi connectivity index (χ3v) is 3.17. The van der Waals surface area contributed by atoms with Gasteiger partial charge >= 0.3 is 0 Å². The summed E-state index contributed by atoms with van der Waals surface area (Å²) in [5.41, 5.74) is 1.31. The Morgan fingerprint density at radius 1 is 1.36 bits per heavy atom. The van der Waals surface area contributed by atoms with Crippen LogP contribution in [-0.4, -0.2) is 4.98 Å². The highest BCUT2D eigenvalue weighted by molar-refractivity contribution is 5.17. The summed E-state index contributed by atoms with van der Waals surface area (Å²) in [6.07, 6.45) is 8.84. The summed E-state index contributed by atoms with van der Waals surface area (Å²) in [5.74, 6) is 1.73. The lowest BCUT2D eigenvalue weighted by Crippen LogP contribution is -1.87. The van der Waals surface area contributed by atoms with E-state index in [1.165, 1.54) is 37.8 Å². The molecular formula is C13H19N. The number of hydrogen-bond donors (Lipinski definition) is 0. The van der Waals surface area contributed by atoms with Gasteiger partial charge in [-0.1, -0.05) is 32.3 Å². The summed E-state index contributed by atoms with van der Waals surface area (Å²) in [5, 5.41) is 0. The lowest BCUT2D eigenvalue weighted by Gasteiger charge is -1.99. The molecule has 0 aromatic carbocycles. The number of aromatic nitrogens is 1. The maximum absolute atomic E-state index is 4.42. The first-order valence-electron chi connectivity index (χ1n) is 5.82. The molecule has 1 aromatic heterocycles. The fourth-order valence-corrected chi connectivity index (χ4v) is 2.18. The molecule has 2 atom stereocenters. The second kappa shape index (κ2) is 4.59. The predicted octanol–water partition coefficient (Wildman–Crippen LogP) is 3.77. The Hall–Kier alpha value is -0.850. The van der Waals surface area contributed by atoms with Crippen LogP contribution in [0.2, 0.25) is 0 Å². The summed E-state index contributed by atoms with van der Waals surface area (Å²) in [6.45, 7) is 2.27. The highest BCUT2D eigenvalue weighted by Crippen LogP contribution is 2.49. The molecule has 0 spiro atoms. The van der Waals surface area contributed by atoms with Gasteiger partial charge in [0.2, 0.25) is 0 Å². The Bertz CT molecular complexity index is 268. The summed E-state index contributed by atoms with van der Waals surface area (Å²) in [6, 6.07) is 6.27. The van der Waals surface area contributed by atoms with Crippen LogP contribution in [0.15, 0.2) is 24.4 Å². The van der Waals surface area contributed by atoms with Gasteiger partial charge in [-0.2, -0.15) is 0 Å². The van der Waals surface area contributed by atoms with Gasteiger partial charge < -0.3 is 0 Å².